The van der Waals surface area contributed by atoms with E-state index in [0.29, 0.717) is 0 Å². The van der Waals surface area contributed by atoms with Crippen LogP contribution in [0.1, 0.15) is 26.7 Å². The maximum Gasteiger partial charge on any atom is 0.239 e. The SMILES string of the molecule is CCN(C)C(=O)C(C)NCCN1CCCC1. The van der Waals surface area contributed by atoms with E-state index in [4.69, 9.17) is 0 Å². The summed E-state index contributed by atoms with van der Waals surface area (Å²) in [7, 11) is 1.85. The molecule has 1 fully saturated rings. The third-order valence-electron chi connectivity index (χ3n) is 3.30. The first-order chi connectivity index (χ1) is 7.65. The smallest absolute Gasteiger partial charge is 0.239 e. The maximum absolute atomic E-state index is 11.8. The molecule has 0 spiro atoms. The first-order valence-electron chi connectivity index (χ1n) is 6.36. The molecule has 4 heteroatoms. The third-order valence-corrected chi connectivity index (χ3v) is 3.30. The van der Waals surface area contributed by atoms with E-state index in [9.17, 15) is 4.79 Å². The van der Waals surface area contributed by atoms with Crippen LogP contribution >= 0.6 is 0 Å². The number of nitrogens with one attached hydrogen (secondary N) is 1. The molecule has 1 rings (SSSR count). The van der Waals surface area contributed by atoms with Crippen LogP contribution in [-0.2, 0) is 4.79 Å². The Kier molecular flexibility index (Phi) is 5.77. The topological polar surface area (TPSA) is 35.6 Å². The molecule has 4 nitrogen and oxygen atoms in total. The average Bonchev–Trinajstić information content (AvgIpc) is 2.79. The maximum atomic E-state index is 11.8. The van der Waals surface area contributed by atoms with Crippen molar-refractivity contribution < 1.29 is 4.79 Å². The van der Waals surface area contributed by atoms with Gasteiger partial charge in [0.15, 0.2) is 0 Å². The van der Waals surface area contributed by atoms with Crippen molar-refractivity contribution >= 4 is 5.91 Å². The highest BCUT2D eigenvalue weighted by atomic mass is 16.2. The molecule has 0 radical (unpaired) electrons. The molecule has 1 heterocycles. The van der Waals surface area contributed by atoms with Gasteiger partial charge in [-0.1, -0.05) is 0 Å². The Morgan fingerprint density at radius 3 is 2.62 bits per heavy atom. The predicted octanol–water partition coefficient (Wildman–Crippen LogP) is 0.539. The van der Waals surface area contributed by atoms with E-state index >= 15 is 0 Å². The van der Waals surface area contributed by atoms with Gasteiger partial charge in [-0.05, 0) is 39.8 Å². The van der Waals surface area contributed by atoms with Gasteiger partial charge >= 0.3 is 0 Å². The summed E-state index contributed by atoms with van der Waals surface area (Å²) < 4.78 is 0. The van der Waals surface area contributed by atoms with E-state index in [0.717, 1.165) is 19.6 Å². The van der Waals surface area contributed by atoms with Gasteiger partial charge in [0, 0.05) is 26.7 Å². The average molecular weight is 227 g/mol. The van der Waals surface area contributed by atoms with Crippen molar-refractivity contribution in [1.29, 1.82) is 0 Å². The zero-order valence-electron chi connectivity index (χ0n) is 10.8. The lowest BCUT2D eigenvalue weighted by Crippen LogP contribution is -2.45. The van der Waals surface area contributed by atoms with Crippen molar-refractivity contribution in [2.45, 2.75) is 32.7 Å². The molecule has 94 valence electrons. The van der Waals surface area contributed by atoms with Crippen LogP contribution in [0.15, 0.2) is 0 Å². The van der Waals surface area contributed by atoms with Crippen molar-refractivity contribution in [3.05, 3.63) is 0 Å². The Morgan fingerprint density at radius 1 is 1.44 bits per heavy atom. The minimum absolute atomic E-state index is 0.0625. The van der Waals surface area contributed by atoms with Crippen LogP contribution < -0.4 is 5.32 Å². The quantitative estimate of drug-likeness (QED) is 0.719. The number of hydrogen-bond acceptors (Lipinski definition) is 3. The van der Waals surface area contributed by atoms with E-state index in [1.165, 1.54) is 25.9 Å². The van der Waals surface area contributed by atoms with E-state index in [2.05, 4.69) is 10.2 Å². The number of hydrogen-bond donors (Lipinski definition) is 1. The molecule has 0 aromatic carbocycles. The molecule has 0 saturated carbocycles. The van der Waals surface area contributed by atoms with Gasteiger partial charge in [-0.15, -0.1) is 0 Å². The predicted molar refractivity (Wildman–Crippen MR) is 66.4 cm³/mol. The highest BCUT2D eigenvalue weighted by Crippen LogP contribution is 2.05. The zero-order valence-corrected chi connectivity index (χ0v) is 10.8. The second kappa shape index (κ2) is 6.86. The van der Waals surface area contributed by atoms with Crippen LogP contribution in [0.5, 0.6) is 0 Å². The second-order valence-corrected chi connectivity index (χ2v) is 4.58. The fraction of sp³-hybridized carbons (Fsp3) is 0.917. The van der Waals surface area contributed by atoms with E-state index in [1.807, 2.05) is 20.9 Å². The Labute approximate surface area is 99.0 Å². The number of carbonyl (C=O) groups excluding carboxylic acids is 1. The van der Waals surface area contributed by atoms with E-state index in [-0.39, 0.29) is 11.9 Å². The van der Waals surface area contributed by atoms with Crippen LogP contribution in [0.2, 0.25) is 0 Å². The standard InChI is InChI=1S/C12H25N3O/c1-4-14(3)12(16)11(2)13-7-10-15-8-5-6-9-15/h11,13H,4-10H2,1-3H3. The molecule has 1 aliphatic rings. The van der Waals surface area contributed by atoms with Crippen molar-refractivity contribution in [3.63, 3.8) is 0 Å². The summed E-state index contributed by atoms with van der Waals surface area (Å²) in [4.78, 5) is 16.0. The molecule has 0 aromatic rings. The van der Waals surface area contributed by atoms with Crippen LogP contribution in [0.25, 0.3) is 0 Å². The van der Waals surface area contributed by atoms with Gasteiger partial charge in [-0.3, -0.25) is 4.79 Å². The van der Waals surface area contributed by atoms with Crippen LogP contribution in [0, 0.1) is 0 Å². The molecule has 16 heavy (non-hydrogen) atoms. The van der Waals surface area contributed by atoms with Crippen molar-refractivity contribution in [2.75, 3.05) is 39.8 Å². The number of rotatable bonds is 6. The minimum Gasteiger partial charge on any atom is -0.345 e. The Bertz CT molecular complexity index is 214. The summed E-state index contributed by atoms with van der Waals surface area (Å²) in [5.41, 5.74) is 0. The first kappa shape index (κ1) is 13.5. The Morgan fingerprint density at radius 2 is 2.06 bits per heavy atom. The lowest BCUT2D eigenvalue weighted by Gasteiger charge is -2.22. The van der Waals surface area contributed by atoms with Gasteiger partial charge in [0.05, 0.1) is 6.04 Å². The summed E-state index contributed by atoms with van der Waals surface area (Å²) in [5.74, 6) is 0.184. The van der Waals surface area contributed by atoms with Gasteiger partial charge in [-0.25, -0.2) is 0 Å². The molecule has 1 N–H and O–H groups in total. The zero-order chi connectivity index (χ0) is 12.0. The summed E-state index contributed by atoms with van der Waals surface area (Å²) in [6.45, 7) is 9.12. The fourth-order valence-corrected chi connectivity index (χ4v) is 2.02. The number of likely N-dealkylation sites (tertiary alicyclic amines) is 1. The van der Waals surface area contributed by atoms with Crippen molar-refractivity contribution in [3.8, 4) is 0 Å². The molecule has 0 aromatic heterocycles. The molecule has 1 aliphatic heterocycles. The van der Waals surface area contributed by atoms with Gasteiger partial charge < -0.3 is 15.1 Å². The Balaban J connectivity index is 2.13. The van der Waals surface area contributed by atoms with Crippen molar-refractivity contribution in [2.24, 2.45) is 0 Å². The van der Waals surface area contributed by atoms with Gasteiger partial charge in [0.2, 0.25) is 5.91 Å². The molecular weight excluding hydrogens is 202 g/mol. The highest BCUT2D eigenvalue weighted by Gasteiger charge is 2.16. The number of nitrogens with zero attached hydrogens (tertiary/aromatic N) is 2. The molecule has 1 unspecified atom stereocenters. The van der Waals surface area contributed by atoms with Gasteiger partial charge in [-0.2, -0.15) is 0 Å². The first-order valence-corrected chi connectivity index (χ1v) is 6.36. The lowest BCUT2D eigenvalue weighted by atomic mass is 10.3. The highest BCUT2D eigenvalue weighted by molar-refractivity contribution is 5.81. The normalized spacial score (nSPS) is 18.7. The molecule has 1 amide bonds. The molecule has 0 aliphatic carbocycles. The Hall–Kier alpha value is -0.610. The van der Waals surface area contributed by atoms with Crippen LogP contribution in [-0.4, -0.2) is 61.5 Å². The summed E-state index contributed by atoms with van der Waals surface area (Å²) >= 11 is 0. The molecule has 1 atom stereocenters. The minimum atomic E-state index is -0.0625. The summed E-state index contributed by atoms with van der Waals surface area (Å²) in [6, 6.07) is -0.0625. The van der Waals surface area contributed by atoms with Gasteiger partial charge in [0.25, 0.3) is 0 Å². The lowest BCUT2D eigenvalue weighted by molar-refractivity contribution is -0.131. The van der Waals surface area contributed by atoms with Crippen LogP contribution in [0.3, 0.4) is 0 Å². The summed E-state index contributed by atoms with van der Waals surface area (Å²) in [5, 5.41) is 3.29. The fourth-order valence-electron chi connectivity index (χ4n) is 2.02. The second-order valence-electron chi connectivity index (χ2n) is 4.58. The molecular formula is C12H25N3O. The summed E-state index contributed by atoms with van der Waals surface area (Å²) in [6.07, 6.45) is 2.65. The monoisotopic (exact) mass is 227 g/mol. The third kappa shape index (κ3) is 4.10. The molecule has 1 saturated heterocycles. The van der Waals surface area contributed by atoms with Gasteiger partial charge in [0.1, 0.15) is 0 Å². The van der Waals surface area contributed by atoms with E-state index in [1.54, 1.807) is 4.90 Å². The van der Waals surface area contributed by atoms with E-state index < -0.39 is 0 Å². The number of carbonyl (C=O) groups is 1. The van der Waals surface area contributed by atoms with Crippen LogP contribution in [0.4, 0.5) is 0 Å². The van der Waals surface area contributed by atoms with Crippen molar-refractivity contribution in [1.82, 2.24) is 15.1 Å². The number of amides is 1. The largest absolute Gasteiger partial charge is 0.345 e. The molecule has 0 bridgehead atoms. The number of likely N-dealkylation sites (N-methyl/N-ethyl adjacent to an activating group) is 1.